The maximum absolute atomic E-state index is 12.3. The summed E-state index contributed by atoms with van der Waals surface area (Å²) in [5, 5.41) is 0. The van der Waals surface area contributed by atoms with E-state index in [9.17, 15) is 13.2 Å². The summed E-state index contributed by atoms with van der Waals surface area (Å²) >= 11 is 0. The Balaban J connectivity index is 2.16. The molecule has 0 atom stereocenters. The van der Waals surface area contributed by atoms with Crippen LogP contribution in [0.3, 0.4) is 0 Å². The summed E-state index contributed by atoms with van der Waals surface area (Å²) in [6.45, 7) is 3.71. The van der Waals surface area contributed by atoms with Crippen LogP contribution in [0.2, 0.25) is 0 Å². The van der Waals surface area contributed by atoms with Crippen molar-refractivity contribution in [1.29, 1.82) is 0 Å². The van der Waals surface area contributed by atoms with Crippen molar-refractivity contribution in [3.63, 3.8) is 0 Å². The van der Waals surface area contributed by atoms with Crippen LogP contribution < -0.4 is 4.72 Å². The van der Waals surface area contributed by atoms with Gasteiger partial charge in [-0.25, -0.2) is 13.1 Å². The zero-order valence-electron chi connectivity index (χ0n) is 13.3. The molecule has 1 aliphatic heterocycles. The second-order valence-corrected chi connectivity index (χ2v) is 7.59. The highest BCUT2D eigenvalue weighted by molar-refractivity contribution is 7.89. The highest BCUT2D eigenvalue weighted by Crippen LogP contribution is 2.22. The van der Waals surface area contributed by atoms with Gasteiger partial charge in [0.2, 0.25) is 15.9 Å². The number of sulfonamides is 1. The molecule has 7 heteroatoms. The van der Waals surface area contributed by atoms with Crippen LogP contribution in [0.5, 0.6) is 0 Å². The molecule has 0 radical (unpaired) electrons. The van der Waals surface area contributed by atoms with Crippen LogP contribution in [-0.4, -0.2) is 57.9 Å². The molecule has 0 unspecified atom stereocenters. The van der Waals surface area contributed by atoms with Gasteiger partial charge in [-0.2, -0.15) is 0 Å². The molecule has 1 aromatic rings. The molecule has 0 aromatic heterocycles. The highest BCUT2D eigenvalue weighted by Gasteiger charge is 2.21. The summed E-state index contributed by atoms with van der Waals surface area (Å²) in [7, 11) is 0.278. The zero-order chi connectivity index (χ0) is 16.3. The first-order valence-corrected chi connectivity index (χ1v) is 8.79. The molecule has 1 heterocycles. The van der Waals surface area contributed by atoms with Crippen molar-refractivity contribution in [3.8, 4) is 0 Å². The molecule has 0 saturated heterocycles. The van der Waals surface area contributed by atoms with Gasteiger partial charge in [0.1, 0.15) is 0 Å². The van der Waals surface area contributed by atoms with Gasteiger partial charge in [-0.3, -0.25) is 4.79 Å². The Morgan fingerprint density at radius 1 is 1.32 bits per heavy atom. The summed E-state index contributed by atoms with van der Waals surface area (Å²) in [5.74, 6) is 0.0167. The van der Waals surface area contributed by atoms with Crippen LogP contribution in [-0.2, 0) is 27.8 Å². The Kier molecular flexibility index (Phi) is 5.20. The molecular formula is C15H23N3O3S. The van der Waals surface area contributed by atoms with Gasteiger partial charge >= 0.3 is 0 Å². The molecule has 0 aliphatic carbocycles. The molecule has 1 amide bonds. The van der Waals surface area contributed by atoms with E-state index in [-0.39, 0.29) is 10.8 Å². The van der Waals surface area contributed by atoms with E-state index in [4.69, 9.17) is 0 Å². The average Bonchev–Trinajstić information content (AvgIpc) is 2.45. The molecule has 6 nitrogen and oxygen atoms in total. The number of carbonyl (C=O) groups excluding carboxylic acids is 1. The quantitative estimate of drug-likeness (QED) is 0.852. The third-order valence-electron chi connectivity index (χ3n) is 3.80. The fraction of sp³-hybridized carbons (Fsp3) is 0.533. The number of rotatable bonds is 5. The standard InChI is InChI=1S/C15H23N3O3S/c1-12(19)18-8-6-13-4-5-15(10-14(13)11-18)22(20,21)16-7-9-17(2)3/h4-5,10,16H,6-9,11H2,1-3H3. The van der Waals surface area contributed by atoms with Gasteiger partial charge in [0.15, 0.2) is 0 Å². The topological polar surface area (TPSA) is 69.7 Å². The Morgan fingerprint density at radius 3 is 2.68 bits per heavy atom. The third kappa shape index (κ3) is 4.06. The van der Waals surface area contributed by atoms with Crippen LogP contribution >= 0.6 is 0 Å². The number of carbonyl (C=O) groups is 1. The van der Waals surface area contributed by atoms with E-state index in [0.29, 0.717) is 26.2 Å². The molecule has 0 bridgehead atoms. The van der Waals surface area contributed by atoms with Crippen molar-refractivity contribution in [2.24, 2.45) is 0 Å². The van der Waals surface area contributed by atoms with Crippen molar-refractivity contribution in [2.75, 3.05) is 33.7 Å². The fourth-order valence-corrected chi connectivity index (χ4v) is 3.53. The Bertz CT molecular complexity index is 656. The number of nitrogens with zero attached hydrogens (tertiary/aromatic N) is 2. The van der Waals surface area contributed by atoms with Gasteiger partial charge in [0.25, 0.3) is 0 Å². The summed E-state index contributed by atoms with van der Waals surface area (Å²) in [4.78, 5) is 15.4. The zero-order valence-corrected chi connectivity index (χ0v) is 14.1. The number of likely N-dealkylation sites (N-methyl/N-ethyl adjacent to an activating group) is 1. The first-order valence-electron chi connectivity index (χ1n) is 7.31. The van der Waals surface area contributed by atoms with Gasteiger partial charge < -0.3 is 9.80 Å². The number of amides is 1. The predicted octanol–water partition coefficient (Wildman–Crippen LogP) is 0.431. The molecule has 0 saturated carbocycles. The molecule has 0 spiro atoms. The Hall–Kier alpha value is -1.44. The molecule has 22 heavy (non-hydrogen) atoms. The number of hydrogen-bond acceptors (Lipinski definition) is 4. The summed E-state index contributed by atoms with van der Waals surface area (Å²) in [6, 6.07) is 5.18. The Morgan fingerprint density at radius 2 is 2.05 bits per heavy atom. The molecule has 1 aliphatic rings. The lowest BCUT2D eigenvalue weighted by Crippen LogP contribution is -2.35. The van der Waals surface area contributed by atoms with Crippen LogP contribution in [0.1, 0.15) is 18.1 Å². The number of hydrogen-bond donors (Lipinski definition) is 1. The van der Waals surface area contributed by atoms with Crippen LogP contribution in [0.25, 0.3) is 0 Å². The van der Waals surface area contributed by atoms with E-state index in [2.05, 4.69) is 4.72 Å². The Labute approximate surface area is 132 Å². The van der Waals surface area contributed by atoms with E-state index in [1.807, 2.05) is 25.1 Å². The highest BCUT2D eigenvalue weighted by atomic mass is 32.2. The predicted molar refractivity (Wildman–Crippen MR) is 85.0 cm³/mol. The second kappa shape index (κ2) is 6.76. The SMILES string of the molecule is CC(=O)N1CCc2ccc(S(=O)(=O)NCCN(C)C)cc2C1. The monoisotopic (exact) mass is 325 g/mol. The van der Waals surface area contributed by atoms with Crippen LogP contribution in [0, 0.1) is 0 Å². The lowest BCUT2D eigenvalue weighted by atomic mass is 10.00. The van der Waals surface area contributed by atoms with Crippen molar-refractivity contribution < 1.29 is 13.2 Å². The van der Waals surface area contributed by atoms with Crippen molar-refractivity contribution in [1.82, 2.24) is 14.5 Å². The van der Waals surface area contributed by atoms with Gasteiger partial charge in [-0.05, 0) is 43.8 Å². The first-order chi connectivity index (χ1) is 10.3. The first kappa shape index (κ1) is 16.9. The van der Waals surface area contributed by atoms with Crippen LogP contribution in [0.15, 0.2) is 23.1 Å². The summed E-state index contributed by atoms with van der Waals surface area (Å²) in [6.07, 6.45) is 0.767. The molecule has 1 N–H and O–H groups in total. The number of fused-ring (bicyclic) bond motifs is 1. The van der Waals surface area contributed by atoms with E-state index in [1.54, 1.807) is 17.0 Å². The molecular weight excluding hydrogens is 302 g/mol. The van der Waals surface area contributed by atoms with Gasteiger partial charge in [0, 0.05) is 33.1 Å². The van der Waals surface area contributed by atoms with Crippen LogP contribution in [0.4, 0.5) is 0 Å². The fourth-order valence-electron chi connectivity index (χ4n) is 2.46. The van der Waals surface area contributed by atoms with Crippen molar-refractivity contribution >= 4 is 15.9 Å². The lowest BCUT2D eigenvalue weighted by molar-refractivity contribution is -0.129. The number of nitrogens with one attached hydrogen (secondary N) is 1. The smallest absolute Gasteiger partial charge is 0.240 e. The van der Waals surface area contributed by atoms with Gasteiger partial charge in [-0.1, -0.05) is 6.07 Å². The maximum Gasteiger partial charge on any atom is 0.240 e. The largest absolute Gasteiger partial charge is 0.338 e. The summed E-state index contributed by atoms with van der Waals surface area (Å²) < 4.78 is 27.2. The van der Waals surface area contributed by atoms with Crippen molar-refractivity contribution in [3.05, 3.63) is 29.3 Å². The molecule has 1 aromatic carbocycles. The number of benzene rings is 1. The minimum Gasteiger partial charge on any atom is -0.338 e. The normalized spacial score (nSPS) is 15.0. The minimum atomic E-state index is -3.51. The molecule has 2 rings (SSSR count). The molecule has 122 valence electrons. The summed E-state index contributed by atoms with van der Waals surface area (Å²) in [5.41, 5.74) is 2.03. The van der Waals surface area contributed by atoms with Gasteiger partial charge in [-0.15, -0.1) is 0 Å². The van der Waals surface area contributed by atoms with E-state index < -0.39 is 10.0 Å². The maximum atomic E-state index is 12.3. The van der Waals surface area contributed by atoms with Crippen molar-refractivity contribution in [2.45, 2.75) is 24.8 Å². The lowest BCUT2D eigenvalue weighted by Gasteiger charge is -2.28. The van der Waals surface area contributed by atoms with E-state index in [1.165, 1.54) is 6.92 Å². The molecule has 0 fully saturated rings. The third-order valence-corrected chi connectivity index (χ3v) is 5.26. The second-order valence-electron chi connectivity index (χ2n) is 5.82. The van der Waals surface area contributed by atoms with Gasteiger partial charge in [0.05, 0.1) is 4.90 Å². The minimum absolute atomic E-state index is 0.0167. The van der Waals surface area contributed by atoms with E-state index >= 15 is 0 Å². The average molecular weight is 325 g/mol. The van der Waals surface area contributed by atoms with E-state index in [0.717, 1.165) is 17.5 Å².